The van der Waals surface area contributed by atoms with E-state index in [9.17, 15) is 14.7 Å². The Labute approximate surface area is 199 Å². The Morgan fingerprint density at radius 3 is 2.22 bits per heavy atom. The highest BCUT2D eigenvalue weighted by atomic mass is 79.9. The highest BCUT2D eigenvalue weighted by molar-refractivity contribution is 9.10. The van der Waals surface area contributed by atoms with Crippen molar-refractivity contribution >= 4 is 39.6 Å². The van der Waals surface area contributed by atoms with E-state index in [4.69, 9.17) is 16.3 Å². The number of carboxylic acid groups (broad SMARTS) is 1. The van der Waals surface area contributed by atoms with Gasteiger partial charge in [0.1, 0.15) is 6.61 Å². The van der Waals surface area contributed by atoms with Gasteiger partial charge in [0.05, 0.1) is 0 Å². The zero-order valence-electron chi connectivity index (χ0n) is 17.3. The molecule has 1 atom stereocenters. The molecule has 3 aromatic rings. The van der Waals surface area contributed by atoms with Crippen LogP contribution in [0, 0.1) is 0 Å². The molecule has 7 heteroatoms. The van der Waals surface area contributed by atoms with Crippen molar-refractivity contribution in [3.05, 3.63) is 92.9 Å². The lowest BCUT2D eigenvalue weighted by Gasteiger charge is -2.28. The monoisotopic (exact) mass is 513 g/mol. The van der Waals surface area contributed by atoms with Gasteiger partial charge < -0.3 is 9.84 Å². The molecule has 5 nitrogen and oxygen atoms in total. The van der Waals surface area contributed by atoms with E-state index in [2.05, 4.69) is 28.1 Å². The molecule has 0 heterocycles. The molecule has 32 heavy (non-hydrogen) atoms. The lowest BCUT2D eigenvalue weighted by Crippen LogP contribution is -2.39. The van der Waals surface area contributed by atoms with Crippen LogP contribution < -0.4 is 0 Å². The van der Waals surface area contributed by atoms with Gasteiger partial charge in [-0.15, -0.1) is 0 Å². The highest BCUT2D eigenvalue weighted by Gasteiger charge is 2.35. The summed E-state index contributed by atoms with van der Waals surface area (Å²) >= 11 is 9.61. The minimum absolute atomic E-state index is 0.109. The third kappa shape index (κ3) is 4.12. The van der Waals surface area contributed by atoms with Crippen LogP contribution in [0.15, 0.2) is 71.2 Å². The van der Waals surface area contributed by atoms with Crippen LogP contribution in [0.5, 0.6) is 0 Å². The van der Waals surface area contributed by atoms with Gasteiger partial charge >= 0.3 is 12.1 Å². The van der Waals surface area contributed by atoms with Crippen molar-refractivity contribution in [1.29, 1.82) is 0 Å². The number of ether oxygens (including phenoxy) is 1. The van der Waals surface area contributed by atoms with Gasteiger partial charge in [0.15, 0.2) is 6.04 Å². The third-order valence-corrected chi connectivity index (χ3v) is 6.55. The van der Waals surface area contributed by atoms with Gasteiger partial charge in [-0.3, -0.25) is 4.90 Å². The van der Waals surface area contributed by atoms with Gasteiger partial charge in [-0.2, -0.15) is 0 Å². The predicted molar refractivity (Wildman–Crippen MR) is 127 cm³/mol. The topological polar surface area (TPSA) is 66.8 Å². The molecule has 0 saturated heterocycles. The molecule has 0 radical (unpaired) electrons. The highest BCUT2D eigenvalue weighted by Crippen LogP contribution is 2.44. The number of fused-ring (bicyclic) bond motifs is 3. The van der Waals surface area contributed by atoms with Gasteiger partial charge in [-0.05, 0) is 47.4 Å². The first-order valence-electron chi connectivity index (χ1n) is 10.2. The number of carbonyl (C=O) groups is 2. The largest absolute Gasteiger partial charge is 0.479 e. The van der Waals surface area contributed by atoms with Crippen LogP contribution >= 0.6 is 27.5 Å². The number of carboxylic acids is 1. The summed E-state index contributed by atoms with van der Waals surface area (Å²) in [6.07, 6.45) is -0.696. The van der Waals surface area contributed by atoms with E-state index in [1.54, 1.807) is 25.1 Å². The number of rotatable bonds is 6. The van der Waals surface area contributed by atoms with Crippen LogP contribution in [0.1, 0.15) is 35.6 Å². The number of amides is 1. The smallest absolute Gasteiger partial charge is 0.410 e. The van der Waals surface area contributed by atoms with E-state index >= 15 is 0 Å². The Kier molecular flexibility index (Phi) is 6.53. The van der Waals surface area contributed by atoms with Crippen LogP contribution in [0.25, 0.3) is 11.1 Å². The van der Waals surface area contributed by atoms with Gasteiger partial charge in [0.2, 0.25) is 0 Å². The number of benzene rings is 3. The molecule has 3 aromatic carbocycles. The van der Waals surface area contributed by atoms with Crippen LogP contribution in [0.4, 0.5) is 4.79 Å². The van der Waals surface area contributed by atoms with E-state index in [0.29, 0.717) is 10.0 Å². The Balaban J connectivity index is 1.59. The fourth-order valence-corrected chi connectivity index (χ4v) is 4.85. The number of nitrogens with zero attached hydrogens (tertiary/aromatic N) is 1. The van der Waals surface area contributed by atoms with Crippen LogP contribution in [-0.2, 0) is 9.53 Å². The third-order valence-electron chi connectivity index (χ3n) is 5.71. The first-order chi connectivity index (χ1) is 15.4. The number of likely N-dealkylation sites (N-methyl/N-ethyl adjacent to an activating group) is 1. The summed E-state index contributed by atoms with van der Waals surface area (Å²) in [4.78, 5) is 26.4. The summed E-state index contributed by atoms with van der Waals surface area (Å²) in [5, 5.41) is 10.2. The van der Waals surface area contributed by atoms with E-state index in [1.165, 1.54) is 4.90 Å². The summed E-state index contributed by atoms with van der Waals surface area (Å²) in [5.74, 6) is -1.29. The second-order valence-electron chi connectivity index (χ2n) is 7.50. The minimum atomic E-state index is -1.26. The zero-order valence-corrected chi connectivity index (χ0v) is 19.6. The van der Waals surface area contributed by atoms with Crippen LogP contribution in [-0.4, -0.2) is 35.2 Å². The Morgan fingerprint density at radius 2 is 1.66 bits per heavy atom. The first kappa shape index (κ1) is 22.4. The summed E-state index contributed by atoms with van der Waals surface area (Å²) < 4.78 is 6.36. The van der Waals surface area contributed by atoms with E-state index in [-0.39, 0.29) is 24.1 Å². The lowest BCUT2D eigenvalue weighted by atomic mass is 9.98. The van der Waals surface area contributed by atoms with Crippen molar-refractivity contribution in [1.82, 2.24) is 4.90 Å². The summed E-state index contributed by atoms with van der Waals surface area (Å²) in [7, 11) is 0. The van der Waals surface area contributed by atoms with Gasteiger partial charge in [0.25, 0.3) is 0 Å². The number of aliphatic carboxylic acids is 1. The standard InChI is InChI=1S/C25H21BrClNO4/c1-2-28(23(24(29)30)20-13-15(26)11-12-22(20)27)25(31)32-14-21-18-9-5-3-7-16(18)17-8-4-6-10-19(17)21/h3-13,21,23H,2,14H2,1H3,(H,29,30). The maximum atomic E-state index is 13.1. The average molecular weight is 515 g/mol. The van der Waals surface area contributed by atoms with Crippen molar-refractivity contribution in [3.8, 4) is 11.1 Å². The van der Waals surface area contributed by atoms with E-state index in [1.807, 2.05) is 36.4 Å². The molecule has 1 N–H and O–H groups in total. The molecule has 0 aliphatic heterocycles. The molecule has 0 bridgehead atoms. The Hall–Kier alpha value is -2.83. The summed E-state index contributed by atoms with van der Waals surface area (Å²) in [6.45, 7) is 1.97. The van der Waals surface area contributed by atoms with E-state index < -0.39 is 18.1 Å². The molecule has 164 valence electrons. The van der Waals surface area contributed by atoms with Crippen molar-refractivity contribution in [2.75, 3.05) is 13.2 Å². The zero-order chi connectivity index (χ0) is 22.8. The number of carbonyl (C=O) groups excluding carboxylic acids is 1. The van der Waals surface area contributed by atoms with Crippen molar-refractivity contribution < 1.29 is 19.4 Å². The second-order valence-corrected chi connectivity index (χ2v) is 8.82. The molecule has 0 spiro atoms. The second kappa shape index (κ2) is 9.35. The molecule has 1 aliphatic carbocycles. The van der Waals surface area contributed by atoms with Gasteiger partial charge in [0, 0.05) is 27.5 Å². The Bertz CT molecular complexity index is 1140. The number of hydrogen-bond donors (Lipinski definition) is 1. The average Bonchev–Trinajstić information content (AvgIpc) is 3.11. The molecule has 0 saturated carbocycles. The fraction of sp³-hybridized carbons (Fsp3) is 0.200. The summed E-state index contributed by atoms with van der Waals surface area (Å²) in [5.41, 5.74) is 4.76. The molecule has 1 amide bonds. The van der Waals surface area contributed by atoms with Crippen LogP contribution in [0.2, 0.25) is 5.02 Å². The molecule has 1 aliphatic rings. The first-order valence-corrected chi connectivity index (χ1v) is 11.4. The van der Waals surface area contributed by atoms with Crippen molar-refractivity contribution in [2.24, 2.45) is 0 Å². The van der Waals surface area contributed by atoms with Crippen molar-refractivity contribution in [3.63, 3.8) is 0 Å². The van der Waals surface area contributed by atoms with Gasteiger partial charge in [-0.25, -0.2) is 9.59 Å². The van der Waals surface area contributed by atoms with E-state index in [0.717, 1.165) is 22.3 Å². The predicted octanol–water partition coefficient (Wildman–Crippen LogP) is 6.50. The SMILES string of the molecule is CCN(C(=O)OCC1c2ccccc2-c2ccccc21)C(C(=O)O)c1cc(Br)ccc1Cl. The lowest BCUT2D eigenvalue weighted by molar-refractivity contribution is -0.143. The van der Waals surface area contributed by atoms with Crippen LogP contribution in [0.3, 0.4) is 0 Å². The molecule has 0 aromatic heterocycles. The fourth-order valence-electron chi connectivity index (χ4n) is 4.25. The maximum Gasteiger partial charge on any atom is 0.410 e. The quantitative estimate of drug-likeness (QED) is 0.408. The molecule has 0 fully saturated rings. The molecule has 4 rings (SSSR count). The van der Waals surface area contributed by atoms with Gasteiger partial charge in [-0.1, -0.05) is 76.1 Å². The number of halogens is 2. The Morgan fingerprint density at radius 1 is 1.06 bits per heavy atom. The summed E-state index contributed by atoms with van der Waals surface area (Å²) in [6, 6.07) is 19.8. The number of hydrogen-bond acceptors (Lipinski definition) is 3. The normalized spacial score (nSPS) is 13.2. The van der Waals surface area contributed by atoms with Crippen molar-refractivity contribution in [2.45, 2.75) is 18.9 Å². The molecular weight excluding hydrogens is 494 g/mol. The maximum absolute atomic E-state index is 13.1. The minimum Gasteiger partial charge on any atom is -0.479 e. The molecule has 1 unspecified atom stereocenters. The molecular formula is C25H21BrClNO4.